The molecule has 0 aliphatic rings. The standard InChI is InChI=1S/C14H7ClO4/c15-8-5-6-10-12(11(8)14(17)18)13(16)7-3-1-2-4-9(7)19-10/h1-6H,(H,17,18). The highest BCUT2D eigenvalue weighted by molar-refractivity contribution is 6.35. The van der Waals surface area contributed by atoms with Crippen LogP contribution in [0.2, 0.25) is 5.02 Å². The van der Waals surface area contributed by atoms with E-state index in [4.69, 9.17) is 16.0 Å². The van der Waals surface area contributed by atoms with Gasteiger partial charge in [-0.15, -0.1) is 0 Å². The van der Waals surface area contributed by atoms with E-state index in [-0.39, 0.29) is 21.6 Å². The van der Waals surface area contributed by atoms with E-state index in [9.17, 15) is 14.7 Å². The van der Waals surface area contributed by atoms with Crippen molar-refractivity contribution in [3.63, 3.8) is 0 Å². The smallest absolute Gasteiger partial charge is 0.338 e. The van der Waals surface area contributed by atoms with Crippen LogP contribution in [0.4, 0.5) is 0 Å². The molecule has 3 aromatic rings. The molecule has 0 aliphatic heterocycles. The normalized spacial score (nSPS) is 11.0. The molecule has 1 aromatic heterocycles. The molecule has 94 valence electrons. The lowest BCUT2D eigenvalue weighted by molar-refractivity contribution is 0.0699. The zero-order valence-electron chi connectivity index (χ0n) is 9.51. The van der Waals surface area contributed by atoms with Crippen LogP contribution in [0, 0.1) is 0 Å². The number of benzene rings is 2. The number of fused-ring (bicyclic) bond motifs is 2. The summed E-state index contributed by atoms with van der Waals surface area (Å²) in [6.45, 7) is 0. The average Bonchev–Trinajstić information content (AvgIpc) is 2.39. The number of para-hydroxylation sites is 1. The third-order valence-electron chi connectivity index (χ3n) is 2.91. The van der Waals surface area contributed by atoms with Gasteiger partial charge in [-0.2, -0.15) is 0 Å². The Morgan fingerprint density at radius 3 is 2.58 bits per heavy atom. The molecule has 19 heavy (non-hydrogen) atoms. The second-order valence-corrected chi connectivity index (χ2v) is 4.44. The fourth-order valence-electron chi connectivity index (χ4n) is 2.07. The predicted octanol–water partition coefficient (Wildman–Crippen LogP) is 3.30. The van der Waals surface area contributed by atoms with Gasteiger partial charge in [0, 0.05) is 0 Å². The maximum absolute atomic E-state index is 12.4. The van der Waals surface area contributed by atoms with Crippen molar-refractivity contribution in [3.8, 4) is 0 Å². The summed E-state index contributed by atoms with van der Waals surface area (Å²) in [6, 6.07) is 9.59. The van der Waals surface area contributed by atoms with E-state index in [2.05, 4.69) is 0 Å². The van der Waals surface area contributed by atoms with Gasteiger partial charge in [-0.25, -0.2) is 4.79 Å². The quantitative estimate of drug-likeness (QED) is 0.691. The first kappa shape index (κ1) is 11.7. The third kappa shape index (κ3) is 1.69. The fraction of sp³-hybridized carbons (Fsp3) is 0. The van der Waals surface area contributed by atoms with Crippen LogP contribution in [0.25, 0.3) is 21.9 Å². The number of carbonyl (C=O) groups is 1. The number of rotatable bonds is 1. The summed E-state index contributed by atoms with van der Waals surface area (Å²) in [6.07, 6.45) is 0. The Kier molecular flexibility index (Phi) is 2.54. The molecule has 3 rings (SSSR count). The van der Waals surface area contributed by atoms with Crippen LogP contribution in [-0.4, -0.2) is 11.1 Å². The highest BCUT2D eigenvalue weighted by Gasteiger charge is 2.18. The highest BCUT2D eigenvalue weighted by Crippen LogP contribution is 2.26. The van der Waals surface area contributed by atoms with Crippen LogP contribution >= 0.6 is 11.6 Å². The molecule has 0 unspecified atom stereocenters. The van der Waals surface area contributed by atoms with Gasteiger partial charge in [0.15, 0.2) is 0 Å². The summed E-state index contributed by atoms with van der Waals surface area (Å²) < 4.78 is 5.55. The Morgan fingerprint density at radius 2 is 1.84 bits per heavy atom. The average molecular weight is 275 g/mol. The number of aromatic carboxylic acids is 1. The van der Waals surface area contributed by atoms with Crippen molar-refractivity contribution in [2.75, 3.05) is 0 Å². The number of hydrogen-bond donors (Lipinski definition) is 1. The van der Waals surface area contributed by atoms with Crippen LogP contribution in [0.3, 0.4) is 0 Å². The van der Waals surface area contributed by atoms with Gasteiger partial charge in [-0.05, 0) is 24.3 Å². The van der Waals surface area contributed by atoms with Gasteiger partial charge in [0.05, 0.1) is 21.4 Å². The van der Waals surface area contributed by atoms with Gasteiger partial charge in [0.2, 0.25) is 5.43 Å². The van der Waals surface area contributed by atoms with E-state index in [0.29, 0.717) is 11.0 Å². The van der Waals surface area contributed by atoms with Gasteiger partial charge in [0.25, 0.3) is 0 Å². The van der Waals surface area contributed by atoms with E-state index in [1.54, 1.807) is 24.3 Å². The van der Waals surface area contributed by atoms with Crippen molar-refractivity contribution in [3.05, 3.63) is 57.2 Å². The predicted molar refractivity (Wildman–Crippen MR) is 72.0 cm³/mol. The summed E-state index contributed by atoms with van der Waals surface area (Å²) in [7, 11) is 0. The van der Waals surface area contributed by atoms with Crippen LogP contribution < -0.4 is 5.43 Å². The van der Waals surface area contributed by atoms with Gasteiger partial charge in [0.1, 0.15) is 11.2 Å². The van der Waals surface area contributed by atoms with Gasteiger partial charge < -0.3 is 9.52 Å². The lowest BCUT2D eigenvalue weighted by atomic mass is 10.1. The molecular formula is C14H7ClO4. The third-order valence-corrected chi connectivity index (χ3v) is 3.22. The van der Waals surface area contributed by atoms with Crippen molar-refractivity contribution in [1.29, 1.82) is 0 Å². The van der Waals surface area contributed by atoms with Gasteiger partial charge >= 0.3 is 5.97 Å². The summed E-state index contributed by atoms with van der Waals surface area (Å²) >= 11 is 5.86. The van der Waals surface area contributed by atoms with Crippen molar-refractivity contribution in [2.24, 2.45) is 0 Å². The van der Waals surface area contributed by atoms with Crippen molar-refractivity contribution >= 4 is 39.5 Å². The first-order chi connectivity index (χ1) is 9.09. The van der Waals surface area contributed by atoms with Crippen molar-refractivity contribution < 1.29 is 14.3 Å². The lowest BCUT2D eigenvalue weighted by Gasteiger charge is -2.05. The van der Waals surface area contributed by atoms with E-state index < -0.39 is 11.4 Å². The van der Waals surface area contributed by atoms with E-state index in [1.165, 1.54) is 12.1 Å². The maximum atomic E-state index is 12.4. The molecule has 1 heterocycles. The largest absolute Gasteiger partial charge is 0.478 e. The molecule has 0 spiro atoms. The molecule has 2 aromatic carbocycles. The summed E-state index contributed by atoms with van der Waals surface area (Å²) in [4.78, 5) is 23.6. The second-order valence-electron chi connectivity index (χ2n) is 4.03. The minimum atomic E-state index is -1.25. The first-order valence-corrected chi connectivity index (χ1v) is 5.85. The highest BCUT2D eigenvalue weighted by atomic mass is 35.5. The minimum absolute atomic E-state index is 0.00120. The van der Waals surface area contributed by atoms with Crippen molar-refractivity contribution in [2.45, 2.75) is 0 Å². The van der Waals surface area contributed by atoms with Crippen LogP contribution in [-0.2, 0) is 0 Å². The Hall–Kier alpha value is -2.33. The molecule has 5 heteroatoms. The Morgan fingerprint density at radius 1 is 1.11 bits per heavy atom. The Bertz CT molecular complexity index is 880. The van der Waals surface area contributed by atoms with Crippen LogP contribution in [0.5, 0.6) is 0 Å². The number of carboxylic acid groups (broad SMARTS) is 1. The molecule has 0 aliphatic carbocycles. The molecule has 0 atom stereocenters. The summed E-state index contributed by atoms with van der Waals surface area (Å²) in [5, 5.41) is 9.54. The molecule has 0 fully saturated rings. The van der Waals surface area contributed by atoms with E-state index in [0.717, 1.165) is 0 Å². The maximum Gasteiger partial charge on any atom is 0.338 e. The topological polar surface area (TPSA) is 67.5 Å². The molecule has 0 bridgehead atoms. The molecule has 0 saturated heterocycles. The Balaban J connectivity index is 2.64. The molecule has 0 radical (unpaired) electrons. The second kappa shape index (κ2) is 4.10. The molecular weight excluding hydrogens is 268 g/mol. The van der Waals surface area contributed by atoms with E-state index >= 15 is 0 Å². The molecule has 4 nitrogen and oxygen atoms in total. The first-order valence-electron chi connectivity index (χ1n) is 5.47. The van der Waals surface area contributed by atoms with E-state index in [1.807, 2.05) is 0 Å². The Labute approximate surface area is 111 Å². The zero-order valence-corrected chi connectivity index (χ0v) is 10.3. The van der Waals surface area contributed by atoms with Gasteiger partial charge in [-0.3, -0.25) is 4.79 Å². The summed E-state index contributed by atoms with van der Waals surface area (Å²) in [5.74, 6) is -1.25. The van der Waals surface area contributed by atoms with Gasteiger partial charge in [-0.1, -0.05) is 23.7 Å². The lowest BCUT2D eigenvalue weighted by Crippen LogP contribution is -2.09. The van der Waals surface area contributed by atoms with Crippen molar-refractivity contribution in [1.82, 2.24) is 0 Å². The zero-order chi connectivity index (χ0) is 13.6. The van der Waals surface area contributed by atoms with Crippen LogP contribution in [0.1, 0.15) is 10.4 Å². The SMILES string of the molecule is O=C(O)c1c(Cl)ccc2oc3ccccc3c(=O)c12. The van der Waals surface area contributed by atoms with Crippen LogP contribution in [0.15, 0.2) is 45.6 Å². The number of carboxylic acids is 1. The monoisotopic (exact) mass is 274 g/mol. The minimum Gasteiger partial charge on any atom is -0.478 e. The molecule has 0 saturated carbocycles. The molecule has 0 amide bonds. The molecule has 1 N–H and O–H groups in total. The number of halogens is 1. The number of hydrogen-bond acceptors (Lipinski definition) is 3. The fourth-order valence-corrected chi connectivity index (χ4v) is 2.31. The summed E-state index contributed by atoms with van der Waals surface area (Å²) in [5.41, 5.74) is 0.0135.